The highest BCUT2D eigenvalue weighted by atomic mass is 19.1. The van der Waals surface area contributed by atoms with E-state index in [-0.39, 0.29) is 30.1 Å². The Hall–Kier alpha value is -1.95. The minimum atomic E-state index is -0.331. The SMILES string of the molecule is NC(=O)[C@@H]1CCCN1C1CCN(C(=O)Cc2ccccc2F)CC1. The van der Waals surface area contributed by atoms with E-state index in [9.17, 15) is 14.0 Å². The predicted octanol–water partition coefficient (Wildman–Crippen LogP) is 1.31. The van der Waals surface area contributed by atoms with Gasteiger partial charge in [0.05, 0.1) is 12.5 Å². The first kappa shape index (κ1) is 16.9. The van der Waals surface area contributed by atoms with E-state index in [1.54, 1.807) is 23.1 Å². The van der Waals surface area contributed by atoms with Crippen LogP contribution in [0.25, 0.3) is 0 Å². The van der Waals surface area contributed by atoms with E-state index in [2.05, 4.69) is 4.90 Å². The Morgan fingerprint density at radius 3 is 2.50 bits per heavy atom. The van der Waals surface area contributed by atoms with Crippen molar-refractivity contribution < 1.29 is 14.0 Å². The maximum atomic E-state index is 13.7. The molecule has 130 valence electrons. The van der Waals surface area contributed by atoms with Gasteiger partial charge < -0.3 is 10.6 Å². The predicted molar refractivity (Wildman–Crippen MR) is 88.6 cm³/mol. The number of hydrogen-bond donors (Lipinski definition) is 1. The topological polar surface area (TPSA) is 66.6 Å². The lowest BCUT2D eigenvalue weighted by Crippen LogP contribution is -2.51. The van der Waals surface area contributed by atoms with Crippen LogP contribution in [0.15, 0.2) is 24.3 Å². The molecule has 2 fully saturated rings. The van der Waals surface area contributed by atoms with Crippen molar-refractivity contribution in [2.75, 3.05) is 19.6 Å². The fourth-order valence-corrected chi connectivity index (χ4v) is 3.90. The summed E-state index contributed by atoms with van der Waals surface area (Å²) in [5, 5.41) is 0. The minimum Gasteiger partial charge on any atom is -0.368 e. The molecular formula is C18H24FN3O2. The Bertz CT molecular complexity index is 614. The third kappa shape index (κ3) is 3.59. The third-order valence-electron chi connectivity index (χ3n) is 5.21. The summed E-state index contributed by atoms with van der Waals surface area (Å²) in [4.78, 5) is 27.9. The average Bonchev–Trinajstić information content (AvgIpc) is 3.07. The first-order chi connectivity index (χ1) is 11.6. The second-order valence-corrected chi connectivity index (χ2v) is 6.68. The number of halogens is 1. The lowest BCUT2D eigenvalue weighted by atomic mass is 10.0. The van der Waals surface area contributed by atoms with Gasteiger partial charge in [-0.3, -0.25) is 14.5 Å². The molecule has 1 aromatic rings. The number of primary amides is 1. The van der Waals surface area contributed by atoms with Gasteiger partial charge in [0.25, 0.3) is 0 Å². The zero-order chi connectivity index (χ0) is 17.1. The molecule has 2 saturated heterocycles. The molecule has 0 unspecified atom stereocenters. The first-order valence-corrected chi connectivity index (χ1v) is 8.62. The quantitative estimate of drug-likeness (QED) is 0.903. The van der Waals surface area contributed by atoms with Gasteiger partial charge in [0.2, 0.25) is 11.8 Å². The summed E-state index contributed by atoms with van der Waals surface area (Å²) < 4.78 is 13.7. The first-order valence-electron chi connectivity index (χ1n) is 8.62. The molecule has 2 aliphatic rings. The Morgan fingerprint density at radius 1 is 1.12 bits per heavy atom. The number of nitrogens with two attached hydrogens (primary N) is 1. The molecule has 0 saturated carbocycles. The number of benzene rings is 1. The van der Waals surface area contributed by atoms with Crippen LogP contribution in [0.4, 0.5) is 4.39 Å². The van der Waals surface area contributed by atoms with Crippen LogP contribution in [0.5, 0.6) is 0 Å². The third-order valence-corrected chi connectivity index (χ3v) is 5.21. The fourth-order valence-electron chi connectivity index (χ4n) is 3.90. The zero-order valence-corrected chi connectivity index (χ0v) is 13.8. The van der Waals surface area contributed by atoms with E-state index in [0.717, 1.165) is 32.2 Å². The van der Waals surface area contributed by atoms with E-state index in [4.69, 9.17) is 5.73 Å². The monoisotopic (exact) mass is 333 g/mol. The van der Waals surface area contributed by atoms with Crippen LogP contribution in [0.2, 0.25) is 0 Å². The maximum absolute atomic E-state index is 13.7. The van der Waals surface area contributed by atoms with Gasteiger partial charge in [0.15, 0.2) is 0 Å². The molecule has 0 spiro atoms. The average molecular weight is 333 g/mol. The number of piperidine rings is 1. The Labute approximate surface area is 141 Å². The van der Waals surface area contributed by atoms with E-state index >= 15 is 0 Å². The van der Waals surface area contributed by atoms with Gasteiger partial charge in [-0.05, 0) is 43.9 Å². The van der Waals surface area contributed by atoms with Crippen LogP contribution in [0, 0.1) is 5.82 Å². The normalized spacial score (nSPS) is 22.7. The molecule has 24 heavy (non-hydrogen) atoms. The molecule has 1 aromatic carbocycles. The summed E-state index contributed by atoms with van der Waals surface area (Å²) in [7, 11) is 0. The molecule has 0 aliphatic carbocycles. The van der Waals surface area contributed by atoms with Crippen molar-refractivity contribution in [1.82, 2.24) is 9.80 Å². The van der Waals surface area contributed by atoms with Crippen molar-refractivity contribution in [3.8, 4) is 0 Å². The lowest BCUT2D eigenvalue weighted by Gasteiger charge is -2.38. The van der Waals surface area contributed by atoms with E-state index in [1.807, 2.05) is 0 Å². The van der Waals surface area contributed by atoms with Gasteiger partial charge in [-0.25, -0.2) is 4.39 Å². The fraction of sp³-hybridized carbons (Fsp3) is 0.556. The summed E-state index contributed by atoms with van der Waals surface area (Å²) in [5.41, 5.74) is 5.93. The van der Waals surface area contributed by atoms with Crippen LogP contribution in [0.3, 0.4) is 0 Å². The second kappa shape index (κ2) is 7.30. The Balaban J connectivity index is 1.54. The van der Waals surface area contributed by atoms with E-state index in [0.29, 0.717) is 24.7 Å². The number of hydrogen-bond acceptors (Lipinski definition) is 3. The molecule has 0 aromatic heterocycles. The van der Waals surface area contributed by atoms with Gasteiger partial charge in [0.1, 0.15) is 5.82 Å². The highest BCUT2D eigenvalue weighted by Crippen LogP contribution is 2.26. The van der Waals surface area contributed by atoms with E-state index in [1.165, 1.54) is 6.07 Å². The van der Waals surface area contributed by atoms with Crippen molar-refractivity contribution in [2.24, 2.45) is 5.73 Å². The maximum Gasteiger partial charge on any atom is 0.234 e. The van der Waals surface area contributed by atoms with Crippen LogP contribution in [-0.2, 0) is 16.0 Å². The number of carbonyl (C=O) groups is 2. The summed E-state index contributed by atoms with van der Waals surface area (Å²) >= 11 is 0. The van der Waals surface area contributed by atoms with Crippen molar-refractivity contribution in [2.45, 2.75) is 44.2 Å². The van der Waals surface area contributed by atoms with Gasteiger partial charge in [-0.2, -0.15) is 0 Å². The Kier molecular flexibility index (Phi) is 5.14. The van der Waals surface area contributed by atoms with Crippen LogP contribution >= 0.6 is 0 Å². The summed E-state index contributed by atoms with van der Waals surface area (Å²) in [5.74, 6) is -0.612. The van der Waals surface area contributed by atoms with Gasteiger partial charge >= 0.3 is 0 Å². The largest absolute Gasteiger partial charge is 0.368 e. The zero-order valence-electron chi connectivity index (χ0n) is 13.8. The molecular weight excluding hydrogens is 309 g/mol. The highest BCUT2D eigenvalue weighted by Gasteiger charge is 2.36. The number of amides is 2. The van der Waals surface area contributed by atoms with Gasteiger partial charge in [0, 0.05) is 19.1 Å². The molecule has 1 atom stereocenters. The van der Waals surface area contributed by atoms with Crippen molar-refractivity contribution in [1.29, 1.82) is 0 Å². The molecule has 6 heteroatoms. The van der Waals surface area contributed by atoms with Gasteiger partial charge in [-0.15, -0.1) is 0 Å². The molecule has 2 aliphatic heterocycles. The highest BCUT2D eigenvalue weighted by molar-refractivity contribution is 5.80. The Morgan fingerprint density at radius 2 is 1.83 bits per heavy atom. The smallest absolute Gasteiger partial charge is 0.234 e. The van der Waals surface area contributed by atoms with Crippen LogP contribution in [-0.4, -0.2) is 53.3 Å². The number of nitrogens with zero attached hydrogens (tertiary/aromatic N) is 2. The number of rotatable bonds is 4. The lowest BCUT2D eigenvalue weighted by molar-refractivity contribution is -0.133. The van der Waals surface area contributed by atoms with Crippen LogP contribution in [0.1, 0.15) is 31.2 Å². The second-order valence-electron chi connectivity index (χ2n) is 6.68. The van der Waals surface area contributed by atoms with Crippen molar-refractivity contribution in [3.05, 3.63) is 35.6 Å². The van der Waals surface area contributed by atoms with Crippen LogP contribution < -0.4 is 5.73 Å². The summed E-state index contributed by atoms with van der Waals surface area (Å²) in [6.07, 6.45) is 3.62. The molecule has 0 radical (unpaired) electrons. The molecule has 2 heterocycles. The molecule has 2 amide bonds. The van der Waals surface area contributed by atoms with E-state index < -0.39 is 0 Å². The minimum absolute atomic E-state index is 0.0357. The molecule has 3 rings (SSSR count). The standard InChI is InChI=1S/C18H24FN3O2/c19-15-5-2-1-4-13(15)12-17(23)21-10-7-14(8-11-21)22-9-3-6-16(22)18(20)24/h1-2,4-5,14,16H,3,6-12H2,(H2,20,24)/t16-/m0/s1. The number of likely N-dealkylation sites (tertiary alicyclic amines) is 2. The van der Waals surface area contributed by atoms with Gasteiger partial charge in [-0.1, -0.05) is 18.2 Å². The summed E-state index contributed by atoms with van der Waals surface area (Å²) in [6.45, 7) is 2.21. The van der Waals surface area contributed by atoms with Crippen molar-refractivity contribution >= 4 is 11.8 Å². The molecule has 5 nitrogen and oxygen atoms in total. The summed E-state index contributed by atoms with van der Waals surface area (Å²) in [6, 6.07) is 6.56. The molecule has 2 N–H and O–H groups in total. The van der Waals surface area contributed by atoms with Crippen molar-refractivity contribution in [3.63, 3.8) is 0 Å². The molecule has 0 bridgehead atoms. The number of carbonyl (C=O) groups excluding carboxylic acids is 2.